The summed E-state index contributed by atoms with van der Waals surface area (Å²) in [6.45, 7) is 7.84. The number of hydrogen-bond donors (Lipinski definition) is 2. The van der Waals surface area contributed by atoms with Crippen molar-refractivity contribution < 1.29 is 9.59 Å². The second-order valence-electron chi connectivity index (χ2n) is 6.93. The number of nitrogens with two attached hydrogens (primary N) is 1. The highest BCUT2D eigenvalue weighted by Gasteiger charge is 2.17. The third-order valence-corrected chi connectivity index (χ3v) is 5.08. The van der Waals surface area contributed by atoms with Gasteiger partial charge in [-0.25, -0.2) is 9.50 Å². The van der Waals surface area contributed by atoms with Gasteiger partial charge in [-0.05, 0) is 50.3 Å². The monoisotopic (exact) mass is 379 g/mol. The molecule has 0 radical (unpaired) electrons. The number of benzene rings is 1. The number of aryl methyl sites for hydroxylation is 4. The van der Waals surface area contributed by atoms with Crippen molar-refractivity contribution in [3.8, 4) is 0 Å². The van der Waals surface area contributed by atoms with Crippen LogP contribution in [0.4, 0.5) is 5.69 Å². The number of nitrogens with zero attached hydrogens (tertiary/aromatic N) is 3. The van der Waals surface area contributed by atoms with E-state index in [0.29, 0.717) is 24.1 Å². The number of carbonyl (C=O) groups excluding carboxylic acids is 2. The van der Waals surface area contributed by atoms with Gasteiger partial charge < -0.3 is 11.1 Å². The highest BCUT2D eigenvalue weighted by Crippen LogP contribution is 2.22. The van der Waals surface area contributed by atoms with Gasteiger partial charge in [-0.3, -0.25) is 9.59 Å². The van der Waals surface area contributed by atoms with E-state index in [0.717, 1.165) is 40.2 Å². The molecule has 0 saturated heterocycles. The number of anilines is 1. The third-order valence-electron chi connectivity index (χ3n) is 5.08. The molecular weight excluding hydrogens is 354 g/mol. The van der Waals surface area contributed by atoms with E-state index in [1.807, 2.05) is 39.0 Å². The topological polar surface area (TPSA) is 102 Å². The average molecular weight is 379 g/mol. The van der Waals surface area contributed by atoms with Crippen LogP contribution in [0.5, 0.6) is 0 Å². The predicted molar refractivity (Wildman–Crippen MR) is 108 cm³/mol. The quantitative estimate of drug-likeness (QED) is 0.687. The lowest BCUT2D eigenvalue weighted by molar-refractivity contribution is -0.116. The van der Waals surface area contributed by atoms with E-state index in [9.17, 15) is 9.59 Å². The number of amides is 2. The lowest BCUT2D eigenvalue weighted by Crippen LogP contribution is -2.16. The fraction of sp³-hybridized carbons (Fsp3) is 0.333. The molecule has 0 aliphatic carbocycles. The summed E-state index contributed by atoms with van der Waals surface area (Å²) in [7, 11) is 0. The van der Waals surface area contributed by atoms with Crippen molar-refractivity contribution in [1.29, 1.82) is 0 Å². The molecule has 1 aromatic carbocycles. The Labute approximate surface area is 164 Å². The van der Waals surface area contributed by atoms with Crippen LogP contribution >= 0.6 is 0 Å². The van der Waals surface area contributed by atoms with Crippen LogP contribution in [0.15, 0.2) is 24.4 Å². The molecule has 2 aromatic heterocycles. The zero-order chi connectivity index (χ0) is 20.4. The number of para-hydroxylation sites is 1. The number of hydrogen-bond acceptors (Lipinski definition) is 4. The molecule has 146 valence electrons. The Morgan fingerprint density at radius 3 is 2.64 bits per heavy atom. The standard InChI is InChI=1S/C21H25N5O2/c1-5-15-8-6-7-12(2)19(15)25-18(27)10-9-16-13(3)24-21-17(20(22)28)11-23-26(21)14(16)4/h6-8,11H,5,9-10H2,1-4H3,(H2,22,28)(H,25,27). The summed E-state index contributed by atoms with van der Waals surface area (Å²) < 4.78 is 1.61. The molecule has 0 unspecified atom stereocenters. The van der Waals surface area contributed by atoms with Gasteiger partial charge >= 0.3 is 0 Å². The van der Waals surface area contributed by atoms with Gasteiger partial charge in [-0.15, -0.1) is 0 Å². The van der Waals surface area contributed by atoms with Gasteiger partial charge in [-0.1, -0.05) is 25.1 Å². The van der Waals surface area contributed by atoms with Crippen molar-refractivity contribution >= 4 is 23.1 Å². The fourth-order valence-corrected chi connectivity index (χ4v) is 3.49. The van der Waals surface area contributed by atoms with Gasteiger partial charge in [-0.2, -0.15) is 5.10 Å². The van der Waals surface area contributed by atoms with Gasteiger partial charge in [0.05, 0.1) is 6.20 Å². The Hall–Kier alpha value is -3.22. The number of rotatable bonds is 6. The van der Waals surface area contributed by atoms with Gasteiger partial charge in [0.25, 0.3) is 5.91 Å². The normalized spacial score (nSPS) is 11.0. The Kier molecular flexibility index (Phi) is 5.44. The van der Waals surface area contributed by atoms with Crippen LogP contribution in [0, 0.1) is 20.8 Å². The van der Waals surface area contributed by atoms with Gasteiger partial charge in [0, 0.05) is 23.5 Å². The molecular formula is C21H25N5O2. The van der Waals surface area contributed by atoms with E-state index < -0.39 is 5.91 Å². The average Bonchev–Trinajstić information content (AvgIpc) is 3.07. The number of nitrogens with one attached hydrogen (secondary N) is 1. The van der Waals surface area contributed by atoms with Gasteiger partial charge in [0.2, 0.25) is 5.91 Å². The first-order valence-corrected chi connectivity index (χ1v) is 9.35. The van der Waals surface area contributed by atoms with Crippen LogP contribution in [0.1, 0.15) is 51.8 Å². The van der Waals surface area contributed by atoms with Crippen molar-refractivity contribution in [1.82, 2.24) is 14.6 Å². The first-order valence-electron chi connectivity index (χ1n) is 9.35. The van der Waals surface area contributed by atoms with Crippen molar-refractivity contribution in [3.63, 3.8) is 0 Å². The lowest BCUT2D eigenvalue weighted by Gasteiger charge is -2.14. The van der Waals surface area contributed by atoms with Crippen LogP contribution in [-0.2, 0) is 17.6 Å². The highest BCUT2D eigenvalue weighted by atomic mass is 16.2. The molecule has 0 saturated carbocycles. The molecule has 7 nitrogen and oxygen atoms in total. The molecule has 0 aliphatic heterocycles. The van der Waals surface area contributed by atoms with E-state index in [1.165, 1.54) is 6.20 Å². The Morgan fingerprint density at radius 1 is 1.21 bits per heavy atom. The summed E-state index contributed by atoms with van der Waals surface area (Å²) in [6, 6.07) is 6.03. The van der Waals surface area contributed by atoms with Crippen molar-refractivity contribution in [2.24, 2.45) is 5.73 Å². The summed E-state index contributed by atoms with van der Waals surface area (Å²) in [4.78, 5) is 28.6. The molecule has 7 heteroatoms. The fourth-order valence-electron chi connectivity index (χ4n) is 3.49. The van der Waals surface area contributed by atoms with Crippen molar-refractivity contribution in [3.05, 3.63) is 58.0 Å². The van der Waals surface area contributed by atoms with Crippen LogP contribution < -0.4 is 11.1 Å². The Balaban J connectivity index is 1.80. The maximum Gasteiger partial charge on any atom is 0.254 e. The smallest absolute Gasteiger partial charge is 0.254 e. The number of carbonyl (C=O) groups is 2. The van der Waals surface area contributed by atoms with Gasteiger partial charge in [0.1, 0.15) is 5.56 Å². The zero-order valence-corrected chi connectivity index (χ0v) is 16.7. The SMILES string of the molecule is CCc1cccc(C)c1NC(=O)CCc1c(C)nc2c(C(N)=O)cnn2c1C. The first-order chi connectivity index (χ1) is 13.3. The first kappa shape index (κ1) is 19.5. The molecule has 0 bridgehead atoms. The van der Waals surface area contributed by atoms with E-state index in [1.54, 1.807) is 4.52 Å². The van der Waals surface area contributed by atoms with Crippen LogP contribution in [0.2, 0.25) is 0 Å². The zero-order valence-electron chi connectivity index (χ0n) is 16.7. The minimum Gasteiger partial charge on any atom is -0.365 e. The van der Waals surface area contributed by atoms with Crippen molar-refractivity contribution in [2.75, 3.05) is 5.32 Å². The summed E-state index contributed by atoms with van der Waals surface area (Å²) >= 11 is 0. The van der Waals surface area contributed by atoms with Crippen LogP contribution in [0.25, 0.3) is 5.65 Å². The molecule has 2 amide bonds. The second-order valence-corrected chi connectivity index (χ2v) is 6.93. The molecule has 0 spiro atoms. The minimum absolute atomic E-state index is 0.0406. The predicted octanol–water partition coefficient (Wildman–Crippen LogP) is 2.89. The summed E-state index contributed by atoms with van der Waals surface area (Å²) in [5.41, 5.74) is 11.8. The second kappa shape index (κ2) is 7.80. The summed E-state index contributed by atoms with van der Waals surface area (Å²) in [5.74, 6) is -0.598. The molecule has 28 heavy (non-hydrogen) atoms. The molecule has 3 rings (SSSR count). The van der Waals surface area contributed by atoms with E-state index >= 15 is 0 Å². The highest BCUT2D eigenvalue weighted by molar-refractivity contribution is 5.98. The third kappa shape index (κ3) is 3.60. The molecule has 0 fully saturated rings. The minimum atomic E-state index is -0.557. The van der Waals surface area contributed by atoms with E-state index in [4.69, 9.17) is 5.73 Å². The van der Waals surface area contributed by atoms with Crippen LogP contribution in [0.3, 0.4) is 0 Å². The maximum absolute atomic E-state index is 12.6. The van der Waals surface area contributed by atoms with Crippen molar-refractivity contribution in [2.45, 2.75) is 47.0 Å². The van der Waals surface area contributed by atoms with E-state index in [-0.39, 0.29) is 5.91 Å². The molecule has 2 heterocycles. The Morgan fingerprint density at radius 2 is 1.96 bits per heavy atom. The molecule has 0 atom stereocenters. The number of primary amides is 1. The largest absolute Gasteiger partial charge is 0.365 e. The summed E-state index contributed by atoms with van der Waals surface area (Å²) in [6.07, 6.45) is 3.15. The maximum atomic E-state index is 12.6. The molecule has 3 aromatic rings. The molecule has 0 aliphatic rings. The molecule has 3 N–H and O–H groups in total. The summed E-state index contributed by atoms with van der Waals surface area (Å²) in [5, 5.41) is 7.28. The number of fused-ring (bicyclic) bond motifs is 1. The lowest BCUT2D eigenvalue weighted by atomic mass is 10.0. The van der Waals surface area contributed by atoms with Gasteiger partial charge in [0.15, 0.2) is 5.65 Å². The number of aromatic nitrogens is 3. The van der Waals surface area contributed by atoms with E-state index in [2.05, 4.69) is 22.3 Å². The van der Waals surface area contributed by atoms with Crippen LogP contribution in [-0.4, -0.2) is 26.4 Å². The Bertz CT molecular complexity index is 1070.